The van der Waals surface area contributed by atoms with Crippen molar-refractivity contribution in [2.75, 3.05) is 43.5 Å². The van der Waals surface area contributed by atoms with E-state index in [1.807, 2.05) is 0 Å². The number of rotatable bonds is 8. The molecule has 13 nitrogen and oxygen atoms in total. The van der Waals surface area contributed by atoms with Gasteiger partial charge >= 0.3 is 23.5 Å². The molecule has 0 radical (unpaired) electrons. The summed E-state index contributed by atoms with van der Waals surface area (Å²) in [6, 6.07) is 9.04. The Balaban J connectivity index is 0.956. The quantitative estimate of drug-likeness (QED) is 0.335. The summed E-state index contributed by atoms with van der Waals surface area (Å²) in [5.41, 5.74) is 1.81. The van der Waals surface area contributed by atoms with Crippen LogP contribution in [0.2, 0.25) is 0 Å². The number of morpholine rings is 1. The van der Waals surface area contributed by atoms with E-state index in [1.54, 1.807) is 0 Å². The maximum absolute atomic E-state index is 13.1. The van der Waals surface area contributed by atoms with Gasteiger partial charge in [-0.05, 0) is 31.7 Å². The number of carbonyl (C=O) groups is 2. The van der Waals surface area contributed by atoms with Gasteiger partial charge in [0.2, 0.25) is 0 Å². The predicted molar refractivity (Wildman–Crippen MR) is 144 cm³/mol. The van der Waals surface area contributed by atoms with Crippen molar-refractivity contribution in [2.45, 2.75) is 74.2 Å². The van der Waals surface area contributed by atoms with E-state index in [-0.39, 0.29) is 23.6 Å². The van der Waals surface area contributed by atoms with Crippen molar-refractivity contribution < 1.29 is 33.6 Å². The Morgan fingerprint density at radius 2 is 1.76 bits per heavy atom. The van der Waals surface area contributed by atoms with Gasteiger partial charge < -0.3 is 29.0 Å². The molecule has 0 aliphatic carbocycles. The number of hydrogen-bond acceptors (Lipinski definition) is 12. The Morgan fingerprint density at radius 1 is 1.05 bits per heavy atom. The number of hydrogen-bond donors (Lipinski definition) is 1. The van der Waals surface area contributed by atoms with Crippen LogP contribution < -0.4 is 10.6 Å². The number of fused-ring (bicyclic) bond motifs is 4. The fourth-order valence-corrected chi connectivity index (χ4v) is 7.83. The maximum atomic E-state index is 13.1. The lowest BCUT2D eigenvalue weighted by atomic mass is 9.99. The first-order chi connectivity index (χ1) is 19.9. The van der Waals surface area contributed by atoms with Gasteiger partial charge in [0.25, 0.3) is 0 Å². The molecule has 220 valence electrons. The molecule has 2 aromatic rings. The molecule has 1 aromatic heterocycles. The Labute approximate surface area is 240 Å². The van der Waals surface area contributed by atoms with Crippen LogP contribution in [0.1, 0.15) is 31.2 Å². The molecule has 2 bridgehead atoms. The molecule has 1 N–H and O–H groups in total. The van der Waals surface area contributed by atoms with Gasteiger partial charge in [0, 0.05) is 43.0 Å². The lowest BCUT2D eigenvalue weighted by molar-refractivity contribution is -0.209. The SMILES string of the molecule is O=C1OC2(CSc3nn(CC(O)CN4C5CCC4CC(OCc4ccccc4N4CCOCC4)C5)c(=O)n32)OC1=O. The molecule has 5 aliphatic rings. The van der Waals surface area contributed by atoms with Gasteiger partial charge in [-0.3, -0.25) is 4.90 Å². The number of thioether (sulfide) groups is 1. The van der Waals surface area contributed by atoms with Crippen molar-refractivity contribution in [3.8, 4) is 0 Å². The number of aliphatic hydroxyl groups is 1. The van der Waals surface area contributed by atoms with E-state index >= 15 is 0 Å². The highest BCUT2D eigenvalue weighted by Gasteiger charge is 2.57. The highest BCUT2D eigenvalue weighted by atomic mass is 32.2. The number of ether oxygens (including phenoxy) is 4. The van der Waals surface area contributed by atoms with Gasteiger partial charge in [0.05, 0.1) is 38.6 Å². The van der Waals surface area contributed by atoms with Crippen LogP contribution in [0, 0.1) is 0 Å². The summed E-state index contributed by atoms with van der Waals surface area (Å²) in [4.78, 5) is 41.1. The molecule has 3 atom stereocenters. The van der Waals surface area contributed by atoms with Crippen molar-refractivity contribution >= 4 is 29.4 Å². The summed E-state index contributed by atoms with van der Waals surface area (Å²) in [6.07, 6.45) is 3.23. The number of esters is 2. The fraction of sp³-hybridized carbons (Fsp3) is 0.630. The second-order valence-electron chi connectivity index (χ2n) is 11.2. The van der Waals surface area contributed by atoms with E-state index < -0.39 is 29.6 Å². The molecule has 3 unspecified atom stereocenters. The van der Waals surface area contributed by atoms with E-state index in [2.05, 4.69) is 39.2 Å². The summed E-state index contributed by atoms with van der Waals surface area (Å²) >= 11 is 1.15. The molecule has 5 aliphatic heterocycles. The normalized spacial score (nSPS) is 27.7. The average Bonchev–Trinajstić information content (AvgIpc) is 3.64. The summed E-state index contributed by atoms with van der Waals surface area (Å²) in [5.74, 6) is -4.01. The molecule has 4 saturated heterocycles. The molecule has 14 heteroatoms. The Morgan fingerprint density at radius 3 is 2.49 bits per heavy atom. The zero-order valence-electron chi connectivity index (χ0n) is 22.6. The number of para-hydroxylation sites is 1. The van der Waals surface area contributed by atoms with Crippen molar-refractivity contribution in [1.82, 2.24) is 19.2 Å². The first-order valence-corrected chi connectivity index (χ1v) is 15.1. The third-order valence-electron chi connectivity index (χ3n) is 8.67. The Bertz CT molecular complexity index is 1360. The second kappa shape index (κ2) is 10.7. The van der Waals surface area contributed by atoms with Crippen molar-refractivity contribution in [3.05, 3.63) is 40.3 Å². The maximum Gasteiger partial charge on any atom is 0.422 e. The van der Waals surface area contributed by atoms with Crippen LogP contribution in [0.4, 0.5) is 5.69 Å². The van der Waals surface area contributed by atoms with Gasteiger partial charge in [-0.2, -0.15) is 4.57 Å². The van der Waals surface area contributed by atoms with Crippen LogP contribution in [0.15, 0.2) is 34.2 Å². The second-order valence-corrected chi connectivity index (χ2v) is 12.2. The molecule has 6 heterocycles. The summed E-state index contributed by atoms with van der Waals surface area (Å²) in [7, 11) is 0. The van der Waals surface area contributed by atoms with Crippen molar-refractivity contribution in [3.63, 3.8) is 0 Å². The lowest BCUT2D eigenvalue weighted by Gasteiger charge is -2.40. The number of aliphatic hydroxyl groups excluding tert-OH is 1. The summed E-state index contributed by atoms with van der Waals surface area (Å²) in [5, 5.41) is 15.5. The minimum Gasteiger partial charge on any atom is -0.394 e. The molecule has 7 rings (SSSR count). The highest BCUT2D eigenvalue weighted by Crippen LogP contribution is 2.40. The van der Waals surface area contributed by atoms with Crippen LogP contribution >= 0.6 is 11.8 Å². The molecular formula is C27H33N5O8S. The Kier molecular flexibility index (Phi) is 7.06. The topological polar surface area (TPSA) is 138 Å². The first kappa shape index (κ1) is 27.0. The van der Waals surface area contributed by atoms with Gasteiger partial charge in [-0.15, -0.1) is 5.10 Å². The van der Waals surface area contributed by atoms with Crippen LogP contribution in [-0.4, -0.2) is 99.2 Å². The number of nitrogens with zero attached hydrogens (tertiary/aromatic N) is 5. The minimum absolute atomic E-state index is 0.0223. The van der Waals surface area contributed by atoms with Crippen molar-refractivity contribution in [1.29, 1.82) is 0 Å². The number of piperidine rings is 1. The van der Waals surface area contributed by atoms with Crippen molar-refractivity contribution in [2.24, 2.45) is 0 Å². The predicted octanol–water partition coefficient (Wildman–Crippen LogP) is 0.271. The zero-order valence-corrected chi connectivity index (χ0v) is 23.4. The third-order valence-corrected chi connectivity index (χ3v) is 9.70. The van der Waals surface area contributed by atoms with E-state index in [0.717, 1.165) is 73.0 Å². The molecular weight excluding hydrogens is 554 g/mol. The van der Waals surface area contributed by atoms with Gasteiger partial charge in [-0.25, -0.2) is 19.1 Å². The number of benzene rings is 1. The summed E-state index contributed by atoms with van der Waals surface area (Å²) < 4.78 is 24.4. The smallest absolute Gasteiger partial charge is 0.394 e. The zero-order chi connectivity index (χ0) is 28.1. The molecule has 1 aromatic carbocycles. The van der Waals surface area contributed by atoms with Crippen LogP contribution in [0.5, 0.6) is 0 Å². The van der Waals surface area contributed by atoms with Crippen LogP contribution in [-0.2, 0) is 47.6 Å². The van der Waals surface area contributed by atoms with E-state index in [9.17, 15) is 19.5 Å². The molecule has 4 fully saturated rings. The van der Waals surface area contributed by atoms with E-state index in [1.165, 1.54) is 11.3 Å². The standard InChI is InChI=1S/C27H33N5O8S/c33-20(14-31-26(36)32-25(28-31)41-16-27(32)39-23(34)24(35)40-27)13-30-18-5-6-19(30)12-21(11-18)38-15-17-3-1-2-4-22(17)29-7-9-37-10-8-29/h1-4,18-21,33H,5-16H2. The monoisotopic (exact) mass is 587 g/mol. The Hall–Kier alpha value is -2.91. The molecule has 41 heavy (non-hydrogen) atoms. The van der Waals surface area contributed by atoms with Crippen LogP contribution in [0.25, 0.3) is 0 Å². The van der Waals surface area contributed by atoms with Gasteiger partial charge in [-0.1, -0.05) is 30.0 Å². The van der Waals surface area contributed by atoms with E-state index in [0.29, 0.717) is 25.2 Å². The first-order valence-electron chi connectivity index (χ1n) is 14.2. The number of aromatic nitrogens is 3. The molecule has 1 spiro atoms. The summed E-state index contributed by atoms with van der Waals surface area (Å²) in [6.45, 7) is 4.21. The number of anilines is 1. The number of carbonyl (C=O) groups excluding carboxylic acids is 2. The molecule has 0 amide bonds. The largest absolute Gasteiger partial charge is 0.422 e. The highest BCUT2D eigenvalue weighted by molar-refractivity contribution is 7.99. The van der Waals surface area contributed by atoms with Gasteiger partial charge in [0.15, 0.2) is 5.16 Å². The third kappa shape index (κ3) is 4.95. The van der Waals surface area contributed by atoms with E-state index in [4.69, 9.17) is 18.9 Å². The van der Waals surface area contributed by atoms with Gasteiger partial charge in [0.1, 0.15) is 5.75 Å². The van der Waals surface area contributed by atoms with Crippen LogP contribution in [0.3, 0.4) is 0 Å². The fourth-order valence-electron chi connectivity index (χ4n) is 6.77. The minimum atomic E-state index is -1.79. The average molecular weight is 588 g/mol. The lowest BCUT2D eigenvalue weighted by Crippen LogP contribution is -2.49. The molecule has 0 saturated carbocycles.